The van der Waals surface area contributed by atoms with Gasteiger partial charge in [-0.25, -0.2) is 0 Å². The van der Waals surface area contributed by atoms with E-state index in [-0.39, 0.29) is 11.3 Å². The van der Waals surface area contributed by atoms with Crippen molar-refractivity contribution in [1.82, 2.24) is 0 Å². The normalized spacial score (nSPS) is 12.3. The van der Waals surface area contributed by atoms with E-state index in [4.69, 9.17) is 4.74 Å². The van der Waals surface area contributed by atoms with E-state index in [0.717, 1.165) is 0 Å². The predicted octanol–water partition coefficient (Wildman–Crippen LogP) is 4.13. The standard InChI is InChI=1S/C14H17F3O2/c1-4-13(2,3)12(18)19-11-7-5-10(6-8-11)9-14(15,16)17/h5-8H,4,9H2,1-3H3. The molecule has 0 atom stereocenters. The van der Waals surface area contributed by atoms with Gasteiger partial charge in [-0.3, -0.25) is 4.79 Å². The summed E-state index contributed by atoms with van der Waals surface area (Å²) in [7, 11) is 0. The minimum absolute atomic E-state index is 0.141. The maximum absolute atomic E-state index is 12.2. The van der Waals surface area contributed by atoms with Crippen molar-refractivity contribution in [3.05, 3.63) is 29.8 Å². The molecule has 0 bridgehead atoms. The maximum Gasteiger partial charge on any atom is 0.393 e. The highest BCUT2D eigenvalue weighted by Gasteiger charge is 2.29. The number of rotatable bonds is 4. The number of esters is 1. The first-order valence-corrected chi connectivity index (χ1v) is 6.02. The van der Waals surface area contributed by atoms with Crippen molar-refractivity contribution < 1.29 is 22.7 Å². The lowest BCUT2D eigenvalue weighted by Crippen LogP contribution is -2.28. The van der Waals surface area contributed by atoms with Crippen molar-refractivity contribution in [2.45, 2.75) is 39.8 Å². The highest BCUT2D eigenvalue weighted by atomic mass is 19.4. The molecule has 0 aliphatic rings. The lowest BCUT2D eigenvalue weighted by molar-refractivity contribution is -0.144. The summed E-state index contributed by atoms with van der Waals surface area (Å²) >= 11 is 0. The van der Waals surface area contributed by atoms with Gasteiger partial charge in [-0.1, -0.05) is 19.1 Å². The van der Waals surface area contributed by atoms with Gasteiger partial charge in [-0.2, -0.15) is 13.2 Å². The molecule has 0 spiro atoms. The van der Waals surface area contributed by atoms with Gasteiger partial charge in [0.1, 0.15) is 5.75 Å². The van der Waals surface area contributed by atoms with E-state index in [2.05, 4.69) is 0 Å². The molecule has 0 radical (unpaired) electrons. The van der Waals surface area contributed by atoms with Gasteiger partial charge in [-0.05, 0) is 38.0 Å². The lowest BCUT2D eigenvalue weighted by Gasteiger charge is -2.20. The zero-order chi connectivity index (χ0) is 14.7. The first-order valence-electron chi connectivity index (χ1n) is 6.02. The minimum atomic E-state index is -4.23. The summed E-state index contributed by atoms with van der Waals surface area (Å²) in [6, 6.07) is 5.39. The van der Waals surface area contributed by atoms with Gasteiger partial charge in [-0.15, -0.1) is 0 Å². The molecule has 1 aromatic rings. The molecule has 0 unspecified atom stereocenters. The Balaban J connectivity index is 2.70. The summed E-state index contributed by atoms with van der Waals surface area (Å²) in [5.74, 6) is -0.129. The van der Waals surface area contributed by atoms with Crippen molar-refractivity contribution in [2.24, 2.45) is 5.41 Å². The molecule has 0 aromatic heterocycles. The Kier molecular flexibility index (Phi) is 4.61. The van der Waals surface area contributed by atoms with Crippen LogP contribution in [0.3, 0.4) is 0 Å². The molecule has 1 rings (SSSR count). The molecule has 106 valence electrons. The molecule has 0 saturated carbocycles. The van der Waals surface area contributed by atoms with Crippen LogP contribution in [0.5, 0.6) is 5.75 Å². The molecule has 0 saturated heterocycles. The Morgan fingerprint density at radius 3 is 2.11 bits per heavy atom. The zero-order valence-corrected chi connectivity index (χ0v) is 11.2. The fraction of sp³-hybridized carbons (Fsp3) is 0.500. The van der Waals surface area contributed by atoms with Gasteiger partial charge in [0, 0.05) is 0 Å². The van der Waals surface area contributed by atoms with Gasteiger partial charge in [0.15, 0.2) is 0 Å². The third-order valence-electron chi connectivity index (χ3n) is 2.97. The molecule has 1 aromatic carbocycles. The van der Waals surface area contributed by atoms with Gasteiger partial charge in [0.25, 0.3) is 0 Å². The largest absolute Gasteiger partial charge is 0.426 e. The van der Waals surface area contributed by atoms with Gasteiger partial charge in [0.05, 0.1) is 11.8 Å². The summed E-state index contributed by atoms with van der Waals surface area (Å²) in [5.41, 5.74) is -0.466. The van der Waals surface area contributed by atoms with Crippen LogP contribution in [0.15, 0.2) is 24.3 Å². The molecular weight excluding hydrogens is 257 g/mol. The Labute approximate surface area is 110 Å². The number of halogens is 3. The SMILES string of the molecule is CCC(C)(C)C(=O)Oc1ccc(CC(F)(F)F)cc1. The predicted molar refractivity (Wildman–Crippen MR) is 65.9 cm³/mol. The number of ether oxygens (including phenoxy) is 1. The number of benzene rings is 1. The highest BCUT2D eigenvalue weighted by Crippen LogP contribution is 2.25. The van der Waals surface area contributed by atoms with E-state index in [1.165, 1.54) is 24.3 Å². The monoisotopic (exact) mass is 274 g/mol. The van der Waals surface area contributed by atoms with Crippen LogP contribution >= 0.6 is 0 Å². The van der Waals surface area contributed by atoms with Crippen LogP contribution < -0.4 is 4.74 Å². The third-order valence-corrected chi connectivity index (χ3v) is 2.97. The van der Waals surface area contributed by atoms with Crippen molar-refractivity contribution >= 4 is 5.97 Å². The minimum Gasteiger partial charge on any atom is -0.426 e. The van der Waals surface area contributed by atoms with Crippen molar-refractivity contribution in [3.8, 4) is 5.75 Å². The second kappa shape index (κ2) is 5.63. The lowest BCUT2D eigenvalue weighted by atomic mass is 9.91. The average Bonchev–Trinajstić information content (AvgIpc) is 2.29. The Morgan fingerprint density at radius 2 is 1.68 bits per heavy atom. The van der Waals surface area contributed by atoms with E-state index in [1.807, 2.05) is 6.92 Å². The zero-order valence-electron chi connectivity index (χ0n) is 11.2. The van der Waals surface area contributed by atoms with Crippen LogP contribution in [0.25, 0.3) is 0 Å². The number of hydrogen-bond acceptors (Lipinski definition) is 2. The van der Waals surface area contributed by atoms with Crippen molar-refractivity contribution in [2.75, 3.05) is 0 Å². The fourth-order valence-electron chi connectivity index (χ4n) is 1.30. The van der Waals surface area contributed by atoms with Gasteiger partial charge >= 0.3 is 12.1 Å². The molecular formula is C14H17F3O2. The average molecular weight is 274 g/mol. The van der Waals surface area contributed by atoms with Crippen LogP contribution in [-0.4, -0.2) is 12.1 Å². The van der Waals surface area contributed by atoms with Gasteiger partial charge < -0.3 is 4.74 Å². The van der Waals surface area contributed by atoms with E-state index >= 15 is 0 Å². The Hall–Kier alpha value is -1.52. The number of alkyl halides is 3. The number of carbonyl (C=O) groups excluding carboxylic acids is 1. The topological polar surface area (TPSA) is 26.3 Å². The summed E-state index contributed by atoms with van der Waals surface area (Å²) in [4.78, 5) is 11.8. The molecule has 0 amide bonds. The number of hydrogen-bond donors (Lipinski definition) is 0. The molecule has 2 nitrogen and oxygen atoms in total. The molecule has 0 N–H and O–H groups in total. The summed E-state index contributed by atoms with van der Waals surface area (Å²) in [6.07, 6.45) is -4.60. The molecule has 5 heteroatoms. The highest BCUT2D eigenvalue weighted by molar-refractivity contribution is 5.78. The van der Waals surface area contributed by atoms with E-state index in [0.29, 0.717) is 6.42 Å². The molecule has 0 fully saturated rings. The maximum atomic E-state index is 12.2. The Morgan fingerprint density at radius 1 is 1.16 bits per heavy atom. The van der Waals surface area contributed by atoms with E-state index in [1.54, 1.807) is 13.8 Å². The quantitative estimate of drug-likeness (QED) is 0.609. The summed E-state index contributed by atoms with van der Waals surface area (Å²) in [6.45, 7) is 5.38. The number of carbonyl (C=O) groups is 1. The molecule has 19 heavy (non-hydrogen) atoms. The molecule has 0 heterocycles. The first-order chi connectivity index (χ1) is 8.64. The van der Waals surface area contributed by atoms with Crippen molar-refractivity contribution in [1.29, 1.82) is 0 Å². The first kappa shape index (κ1) is 15.5. The second-order valence-corrected chi connectivity index (χ2v) is 5.06. The van der Waals surface area contributed by atoms with E-state index < -0.39 is 24.0 Å². The Bertz CT molecular complexity index is 433. The van der Waals surface area contributed by atoms with Crippen LogP contribution in [0.2, 0.25) is 0 Å². The molecule has 0 aliphatic heterocycles. The molecule has 0 aliphatic carbocycles. The van der Waals surface area contributed by atoms with E-state index in [9.17, 15) is 18.0 Å². The van der Waals surface area contributed by atoms with Crippen molar-refractivity contribution in [3.63, 3.8) is 0 Å². The van der Waals surface area contributed by atoms with Gasteiger partial charge in [0.2, 0.25) is 0 Å². The third kappa shape index (κ3) is 4.93. The summed E-state index contributed by atoms with van der Waals surface area (Å²) < 4.78 is 41.6. The smallest absolute Gasteiger partial charge is 0.393 e. The fourth-order valence-corrected chi connectivity index (χ4v) is 1.30. The van der Waals surface area contributed by atoms with Crippen LogP contribution in [0, 0.1) is 5.41 Å². The van der Waals surface area contributed by atoms with Crippen LogP contribution in [0.1, 0.15) is 32.8 Å². The van der Waals surface area contributed by atoms with Crippen LogP contribution in [0.4, 0.5) is 13.2 Å². The van der Waals surface area contributed by atoms with Crippen LogP contribution in [-0.2, 0) is 11.2 Å². The second-order valence-electron chi connectivity index (χ2n) is 5.06. The summed E-state index contributed by atoms with van der Waals surface area (Å²) in [5, 5.41) is 0.